The molecule has 2 N–H and O–H groups in total. The number of ether oxygens (including phenoxy) is 1. The Bertz CT molecular complexity index is 929. The second-order valence-corrected chi connectivity index (χ2v) is 6.65. The van der Waals surface area contributed by atoms with Gasteiger partial charge in [0.2, 0.25) is 5.88 Å². The first-order valence-corrected chi connectivity index (χ1v) is 8.41. The Morgan fingerprint density at radius 2 is 1.71 bits per heavy atom. The summed E-state index contributed by atoms with van der Waals surface area (Å²) in [4.78, 5) is 0.736. The van der Waals surface area contributed by atoms with Gasteiger partial charge in [-0.15, -0.1) is 11.3 Å². The zero-order valence-electron chi connectivity index (χ0n) is 12.1. The lowest BCUT2D eigenvalue weighted by Gasteiger charge is -2.26. The summed E-state index contributed by atoms with van der Waals surface area (Å²) >= 11 is 14.0. The molecule has 1 aromatic carbocycles. The Balaban J connectivity index is 2.32. The number of allylic oxidation sites excluding steroid dienone is 2. The van der Waals surface area contributed by atoms with Crippen LogP contribution < -0.4 is 5.73 Å². The molecule has 0 saturated carbocycles. The van der Waals surface area contributed by atoms with E-state index in [4.69, 9.17) is 33.7 Å². The fraction of sp³-hybridized carbons (Fsp3) is 0.0588. The van der Waals surface area contributed by atoms with Crippen LogP contribution >= 0.6 is 34.5 Å². The number of nitrogens with zero attached hydrogens (tertiary/aromatic N) is 2. The lowest BCUT2D eigenvalue weighted by atomic mass is 9.83. The summed E-state index contributed by atoms with van der Waals surface area (Å²) < 4.78 is 5.59. The average molecular weight is 374 g/mol. The third kappa shape index (κ3) is 2.64. The van der Waals surface area contributed by atoms with Crippen LogP contribution in [0.5, 0.6) is 0 Å². The lowest BCUT2D eigenvalue weighted by Crippen LogP contribution is -2.20. The highest BCUT2D eigenvalue weighted by molar-refractivity contribution is 7.11. The van der Waals surface area contributed by atoms with Crippen molar-refractivity contribution in [3.8, 4) is 12.1 Å². The minimum absolute atomic E-state index is 0.0547. The molecule has 0 saturated heterocycles. The van der Waals surface area contributed by atoms with Gasteiger partial charge in [0.05, 0.1) is 22.4 Å². The molecule has 2 aromatic rings. The van der Waals surface area contributed by atoms with E-state index in [0.29, 0.717) is 21.4 Å². The molecule has 2 heterocycles. The molecule has 0 radical (unpaired) electrons. The molecule has 24 heavy (non-hydrogen) atoms. The van der Waals surface area contributed by atoms with Crippen molar-refractivity contribution >= 4 is 40.3 Å². The SMILES string of the molecule is N#CC1=C(N)OC(c2cccs2)=C(C#N)[C@@H]1c1c(Cl)cccc1Cl. The summed E-state index contributed by atoms with van der Waals surface area (Å²) in [6.45, 7) is 0. The Labute approximate surface area is 152 Å². The predicted molar refractivity (Wildman–Crippen MR) is 94.0 cm³/mol. The number of nitriles is 2. The van der Waals surface area contributed by atoms with Crippen LogP contribution in [0.25, 0.3) is 5.76 Å². The summed E-state index contributed by atoms with van der Waals surface area (Å²) in [5.74, 6) is -0.502. The number of thiophene rings is 1. The maximum atomic E-state index is 9.73. The van der Waals surface area contributed by atoms with Gasteiger partial charge >= 0.3 is 0 Å². The van der Waals surface area contributed by atoms with Crippen molar-refractivity contribution in [3.05, 3.63) is 73.2 Å². The smallest absolute Gasteiger partial charge is 0.205 e. The standard InChI is InChI=1S/C17H9Cl2N3OS/c18-11-3-1-4-12(19)15(11)14-9(7-20)16(13-5-2-6-24-13)23-17(22)10(14)8-21/h1-6,14H,22H2/t14-/m0/s1. The first-order valence-electron chi connectivity index (χ1n) is 6.78. The molecule has 3 rings (SSSR count). The van der Waals surface area contributed by atoms with Crippen LogP contribution in [0.1, 0.15) is 16.4 Å². The average Bonchev–Trinajstić information content (AvgIpc) is 3.08. The molecule has 1 aliphatic heterocycles. The van der Waals surface area contributed by atoms with E-state index in [2.05, 4.69) is 6.07 Å². The van der Waals surface area contributed by atoms with Gasteiger partial charge in [0.25, 0.3) is 0 Å². The zero-order chi connectivity index (χ0) is 17.3. The highest BCUT2D eigenvalue weighted by Crippen LogP contribution is 2.46. The van der Waals surface area contributed by atoms with Crippen molar-refractivity contribution in [1.29, 1.82) is 10.5 Å². The van der Waals surface area contributed by atoms with Crippen LogP contribution in [0.4, 0.5) is 0 Å². The van der Waals surface area contributed by atoms with Gasteiger partial charge in [0.15, 0.2) is 5.76 Å². The van der Waals surface area contributed by atoms with Gasteiger partial charge < -0.3 is 10.5 Å². The van der Waals surface area contributed by atoms with Crippen molar-refractivity contribution in [2.45, 2.75) is 5.92 Å². The first kappa shape index (κ1) is 16.4. The Hall–Kier alpha value is -2.44. The molecule has 0 spiro atoms. The van der Waals surface area contributed by atoms with Crippen LogP contribution in [0.2, 0.25) is 10.0 Å². The summed E-state index contributed by atoms with van der Waals surface area (Å²) in [5.41, 5.74) is 6.77. The third-order valence-electron chi connectivity index (χ3n) is 3.57. The monoisotopic (exact) mass is 373 g/mol. The number of benzene rings is 1. The molecule has 118 valence electrons. The van der Waals surface area contributed by atoms with Gasteiger partial charge in [0, 0.05) is 15.6 Å². The summed E-state index contributed by atoms with van der Waals surface area (Å²) in [5, 5.41) is 21.8. The van der Waals surface area contributed by atoms with Gasteiger partial charge in [-0.2, -0.15) is 10.5 Å². The highest BCUT2D eigenvalue weighted by Gasteiger charge is 2.36. The molecule has 7 heteroatoms. The van der Waals surface area contributed by atoms with E-state index in [0.717, 1.165) is 4.88 Å². The second kappa shape index (κ2) is 6.59. The van der Waals surface area contributed by atoms with Gasteiger partial charge in [0.1, 0.15) is 11.6 Å². The van der Waals surface area contributed by atoms with Crippen molar-refractivity contribution in [1.82, 2.24) is 0 Å². The second-order valence-electron chi connectivity index (χ2n) is 4.89. The molecular formula is C17H9Cl2N3OS. The van der Waals surface area contributed by atoms with Crippen molar-refractivity contribution in [2.24, 2.45) is 5.73 Å². The quantitative estimate of drug-likeness (QED) is 0.819. The molecule has 1 atom stereocenters. The minimum atomic E-state index is -0.771. The Morgan fingerprint density at radius 3 is 2.25 bits per heavy atom. The van der Waals surface area contributed by atoms with Crippen LogP contribution in [-0.4, -0.2) is 0 Å². The van der Waals surface area contributed by atoms with Crippen molar-refractivity contribution in [2.75, 3.05) is 0 Å². The van der Waals surface area contributed by atoms with E-state index in [1.54, 1.807) is 18.2 Å². The maximum Gasteiger partial charge on any atom is 0.205 e. The molecule has 4 nitrogen and oxygen atoms in total. The van der Waals surface area contributed by atoms with E-state index in [-0.39, 0.29) is 17.0 Å². The first-order chi connectivity index (χ1) is 11.6. The van der Waals surface area contributed by atoms with Gasteiger partial charge in [-0.1, -0.05) is 35.3 Å². The number of hydrogen-bond acceptors (Lipinski definition) is 5. The molecule has 0 fully saturated rings. The van der Waals surface area contributed by atoms with E-state index in [1.807, 2.05) is 23.6 Å². The van der Waals surface area contributed by atoms with Crippen LogP contribution in [0.3, 0.4) is 0 Å². The number of rotatable bonds is 2. The molecule has 0 unspecified atom stereocenters. The minimum Gasteiger partial charge on any atom is -0.438 e. The summed E-state index contributed by atoms with van der Waals surface area (Å²) in [6, 6.07) is 12.8. The predicted octanol–water partition coefficient (Wildman–Crippen LogP) is 4.80. The van der Waals surface area contributed by atoms with Crippen LogP contribution in [-0.2, 0) is 4.74 Å². The van der Waals surface area contributed by atoms with Gasteiger partial charge in [-0.05, 0) is 23.6 Å². The van der Waals surface area contributed by atoms with Crippen LogP contribution in [0.15, 0.2) is 52.7 Å². The van der Waals surface area contributed by atoms with Gasteiger partial charge in [-0.3, -0.25) is 0 Å². The van der Waals surface area contributed by atoms with E-state index < -0.39 is 5.92 Å². The number of halogens is 2. The Kier molecular flexibility index (Phi) is 4.51. The lowest BCUT2D eigenvalue weighted by molar-refractivity contribution is 0.358. The maximum absolute atomic E-state index is 9.73. The van der Waals surface area contributed by atoms with E-state index >= 15 is 0 Å². The topological polar surface area (TPSA) is 82.8 Å². The fourth-order valence-corrected chi connectivity index (χ4v) is 3.87. The third-order valence-corrected chi connectivity index (χ3v) is 5.10. The van der Waals surface area contributed by atoms with Crippen LogP contribution in [0, 0.1) is 22.7 Å². The molecular weight excluding hydrogens is 365 g/mol. The van der Waals surface area contributed by atoms with E-state index in [1.165, 1.54) is 11.3 Å². The normalized spacial score (nSPS) is 17.2. The molecule has 1 aromatic heterocycles. The van der Waals surface area contributed by atoms with E-state index in [9.17, 15) is 10.5 Å². The largest absolute Gasteiger partial charge is 0.438 e. The zero-order valence-corrected chi connectivity index (χ0v) is 14.4. The molecule has 0 amide bonds. The number of hydrogen-bond donors (Lipinski definition) is 1. The molecule has 0 bridgehead atoms. The Morgan fingerprint density at radius 1 is 1.04 bits per heavy atom. The highest BCUT2D eigenvalue weighted by atomic mass is 35.5. The van der Waals surface area contributed by atoms with Crippen molar-refractivity contribution < 1.29 is 4.74 Å². The summed E-state index contributed by atoms with van der Waals surface area (Å²) in [7, 11) is 0. The summed E-state index contributed by atoms with van der Waals surface area (Å²) in [6.07, 6.45) is 0. The molecule has 0 aliphatic carbocycles. The fourth-order valence-electron chi connectivity index (χ4n) is 2.54. The van der Waals surface area contributed by atoms with Crippen molar-refractivity contribution in [3.63, 3.8) is 0 Å². The number of nitrogens with two attached hydrogens (primary N) is 1. The van der Waals surface area contributed by atoms with Gasteiger partial charge in [-0.25, -0.2) is 0 Å². The molecule has 1 aliphatic rings.